The largest absolute Gasteiger partial charge is 0.493 e. The van der Waals surface area contributed by atoms with Crippen molar-refractivity contribution < 1.29 is 14.6 Å². The minimum absolute atomic E-state index is 0.00458. The van der Waals surface area contributed by atoms with Gasteiger partial charge in [-0.25, -0.2) is 0 Å². The predicted octanol–water partition coefficient (Wildman–Crippen LogP) is 4.30. The average molecular weight is 337 g/mol. The molecule has 0 atom stereocenters. The molecule has 0 aliphatic rings. The Morgan fingerprint density at radius 2 is 1.90 bits per heavy atom. The molecule has 0 bridgehead atoms. The molecule has 0 heterocycles. The molecule has 106 valence electrons. The van der Waals surface area contributed by atoms with Gasteiger partial charge in [-0.05, 0) is 41.8 Å². The van der Waals surface area contributed by atoms with E-state index in [0.717, 1.165) is 16.5 Å². The highest BCUT2D eigenvalue weighted by Gasteiger charge is 2.08. The summed E-state index contributed by atoms with van der Waals surface area (Å²) in [6, 6.07) is 11.4. The van der Waals surface area contributed by atoms with E-state index >= 15 is 0 Å². The van der Waals surface area contributed by atoms with Gasteiger partial charge in [0.2, 0.25) is 0 Å². The van der Waals surface area contributed by atoms with Crippen molar-refractivity contribution in [2.75, 3.05) is 7.11 Å². The molecule has 0 amide bonds. The summed E-state index contributed by atoms with van der Waals surface area (Å²) < 4.78 is 12.0. The molecule has 0 fully saturated rings. The summed E-state index contributed by atoms with van der Waals surface area (Å²) in [5.74, 6) is 2.08. The topological polar surface area (TPSA) is 38.7 Å². The van der Waals surface area contributed by atoms with Crippen LogP contribution in [0.4, 0.5) is 0 Å². The fourth-order valence-corrected chi connectivity index (χ4v) is 2.35. The van der Waals surface area contributed by atoms with Crippen LogP contribution in [0.1, 0.15) is 18.1 Å². The molecule has 0 radical (unpaired) electrons. The van der Waals surface area contributed by atoms with Gasteiger partial charge in [0.1, 0.15) is 5.75 Å². The summed E-state index contributed by atoms with van der Waals surface area (Å²) in [5, 5.41) is 9.15. The fourth-order valence-electron chi connectivity index (χ4n) is 1.86. The standard InChI is InChI=1S/C16H17BrO3/c1-3-11-4-7-15(16(8-11)19-2)20-13-6-5-12(10-18)14(17)9-13/h4-9,18H,3,10H2,1-2H3. The van der Waals surface area contributed by atoms with Crippen molar-refractivity contribution in [3.63, 3.8) is 0 Å². The lowest BCUT2D eigenvalue weighted by atomic mass is 10.1. The van der Waals surface area contributed by atoms with E-state index < -0.39 is 0 Å². The number of hydrogen-bond donors (Lipinski definition) is 1. The number of halogens is 1. The van der Waals surface area contributed by atoms with E-state index in [1.807, 2.05) is 36.4 Å². The maximum Gasteiger partial charge on any atom is 0.169 e. The Hall–Kier alpha value is -1.52. The molecule has 0 saturated carbocycles. The number of aliphatic hydroxyl groups is 1. The van der Waals surface area contributed by atoms with Crippen LogP contribution in [0.25, 0.3) is 0 Å². The second kappa shape index (κ2) is 6.77. The first-order valence-electron chi connectivity index (χ1n) is 6.42. The molecule has 2 aromatic carbocycles. The molecular formula is C16H17BrO3. The number of aryl methyl sites for hydroxylation is 1. The van der Waals surface area contributed by atoms with Crippen LogP contribution < -0.4 is 9.47 Å². The van der Waals surface area contributed by atoms with Crippen molar-refractivity contribution >= 4 is 15.9 Å². The van der Waals surface area contributed by atoms with E-state index in [-0.39, 0.29) is 6.61 Å². The Morgan fingerprint density at radius 1 is 1.10 bits per heavy atom. The van der Waals surface area contributed by atoms with Crippen LogP contribution in [0.15, 0.2) is 40.9 Å². The summed E-state index contributed by atoms with van der Waals surface area (Å²) in [6.07, 6.45) is 0.952. The SMILES string of the molecule is CCc1ccc(Oc2ccc(CO)c(Br)c2)c(OC)c1. The van der Waals surface area contributed by atoms with E-state index in [0.29, 0.717) is 17.2 Å². The Kier molecular flexibility index (Phi) is 5.04. The van der Waals surface area contributed by atoms with Gasteiger partial charge in [-0.15, -0.1) is 0 Å². The first kappa shape index (κ1) is 14.9. The van der Waals surface area contributed by atoms with Crippen molar-refractivity contribution in [1.29, 1.82) is 0 Å². The van der Waals surface area contributed by atoms with Gasteiger partial charge in [-0.1, -0.05) is 35.0 Å². The summed E-state index contributed by atoms with van der Waals surface area (Å²) in [6.45, 7) is 2.09. The number of aliphatic hydroxyl groups excluding tert-OH is 1. The molecule has 4 heteroatoms. The Bertz CT molecular complexity index is 596. The summed E-state index contributed by atoms with van der Waals surface area (Å²) in [4.78, 5) is 0. The highest BCUT2D eigenvalue weighted by atomic mass is 79.9. The smallest absolute Gasteiger partial charge is 0.169 e. The van der Waals surface area contributed by atoms with Gasteiger partial charge in [0.25, 0.3) is 0 Å². The molecule has 1 N–H and O–H groups in total. The predicted molar refractivity (Wildman–Crippen MR) is 82.5 cm³/mol. The Morgan fingerprint density at radius 3 is 2.50 bits per heavy atom. The van der Waals surface area contributed by atoms with Crippen molar-refractivity contribution in [2.24, 2.45) is 0 Å². The lowest BCUT2D eigenvalue weighted by Gasteiger charge is -2.12. The molecule has 2 aromatic rings. The maximum atomic E-state index is 9.15. The van der Waals surface area contributed by atoms with E-state index in [2.05, 4.69) is 22.9 Å². The molecule has 0 aliphatic carbocycles. The van der Waals surface area contributed by atoms with Gasteiger partial charge in [-0.3, -0.25) is 0 Å². The zero-order valence-corrected chi connectivity index (χ0v) is 13.1. The third-order valence-electron chi connectivity index (χ3n) is 3.06. The van der Waals surface area contributed by atoms with Crippen LogP contribution in [0.3, 0.4) is 0 Å². The molecule has 0 aliphatic heterocycles. The first-order valence-corrected chi connectivity index (χ1v) is 7.21. The second-order valence-corrected chi connectivity index (χ2v) is 5.21. The van der Waals surface area contributed by atoms with E-state index in [4.69, 9.17) is 14.6 Å². The highest BCUT2D eigenvalue weighted by molar-refractivity contribution is 9.10. The lowest BCUT2D eigenvalue weighted by molar-refractivity contribution is 0.281. The highest BCUT2D eigenvalue weighted by Crippen LogP contribution is 2.34. The number of methoxy groups -OCH3 is 1. The van der Waals surface area contributed by atoms with Gasteiger partial charge >= 0.3 is 0 Å². The number of benzene rings is 2. The third kappa shape index (κ3) is 3.32. The maximum absolute atomic E-state index is 9.15. The van der Waals surface area contributed by atoms with Gasteiger partial charge in [-0.2, -0.15) is 0 Å². The van der Waals surface area contributed by atoms with Crippen molar-refractivity contribution in [1.82, 2.24) is 0 Å². The Labute approximate surface area is 127 Å². The zero-order valence-electron chi connectivity index (χ0n) is 11.5. The summed E-state index contributed by atoms with van der Waals surface area (Å²) >= 11 is 3.41. The zero-order chi connectivity index (χ0) is 14.5. The fraction of sp³-hybridized carbons (Fsp3) is 0.250. The quantitative estimate of drug-likeness (QED) is 0.884. The monoisotopic (exact) mass is 336 g/mol. The van der Waals surface area contributed by atoms with Crippen molar-refractivity contribution in [3.05, 3.63) is 52.0 Å². The second-order valence-electron chi connectivity index (χ2n) is 4.35. The molecule has 0 spiro atoms. The van der Waals surface area contributed by atoms with Gasteiger partial charge in [0.15, 0.2) is 11.5 Å². The van der Waals surface area contributed by atoms with Crippen LogP contribution in [-0.4, -0.2) is 12.2 Å². The molecule has 0 unspecified atom stereocenters. The summed E-state index contributed by atoms with van der Waals surface area (Å²) in [7, 11) is 1.63. The molecular weight excluding hydrogens is 320 g/mol. The van der Waals surface area contributed by atoms with Crippen LogP contribution in [0, 0.1) is 0 Å². The molecule has 20 heavy (non-hydrogen) atoms. The van der Waals surface area contributed by atoms with E-state index in [1.54, 1.807) is 7.11 Å². The Balaban J connectivity index is 2.27. The van der Waals surface area contributed by atoms with Gasteiger partial charge in [0, 0.05) is 4.47 Å². The first-order chi connectivity index (χ1) is 9.67. The number of rotatable bonds is 5. The average Bonchev–Trinajstić information content (AvgIpc) is 2.48. The minimum Gasteiger partial charge on any atom is -0.493 e. The molecule has 2 rings (SSSR count). The van der Waals surface area contributed by atoms with Crippen LogP contribution >= 0.6 is 15.9 Å². The molecule has 3 nitrogen and oxygen atoms in total. The molecule has 0 aromatic heterocycles. The molecule has 0 saturated heterocycles. The van der Waals surface area contributed by atoms with Crippen LogP contribution in [0.5, 0.6) is 17.2 Å². The van der Waals surface area contributed by atoms with E-state index in [9.17, 15) is 0 Å². The number of hydrogen-bond acceptors (Lipinski definition) is 3. The van der Waals surface area contributed by atoms with Gasteiger partial charge < -0.3 is 14.6 Å². The van der Waals surface area contributed by atoms with Crippen molar-refractivity contribution in [3.8, 4) is 17.2 Å². The normalized spacial score (nSPS) is 10.4. The van der Waals surface area contributed by atoms with Crippen molar-refractivity contribution in [2.45, 2.75) is 20.0 Å². The summed E-state index contributed by atoms with van der Waals surface area (Å²) in [5.41, 5.74) is 2.02. The van der Waals surface area contributed by atoms with E-state index in [1.165, 1.54) is 5.56 Å². The minimum atomic E-state index is -0.00458. The van der Waals surface area contributed by atoms with Gasteiger partial charge in [0.05, 0.1) is 13.7 Å². The number of ether oxygens (including phenoxy) is 2. The third-order valence-corrected chi connectivity index (χ3v) is 3.80. The lowest BCUT2D eigenvalue weighted by Crippen LogP contribution is -1.93. The van der Waals surface area contributed by atoms with Crippen LogP contribution in [-0.2, 0) is 13.0 Å². The van der Waals surface area contributed by atoms with Crippen LogP contribution in [0.2, 0.25) is 0 Å².